The lowest BCUT2D eigenvalue weighted by Gasteiger charge is -2.35. The summed E-state index contributed by atoms with van der Waals surface area (Å²) in [5.41, 5.74) is 7.52. The van der Waals surface area contributed by atoms with Gasteiger partial charge in [-0.3, -0.25) is 15.6 Å². The lowest BCUT2D eigenvalue weighted by Crippen LogP contribution is -2.48. The van der Waals surface area contributed by atoms with Gasteiger partial charge in [0.1, 0.15) is 0 Å². The molecule has 0 aromatic carbocycles. The molecule has 1 saturated carbocycles. The number of hydrogen-bond acceptors (Lipinski definition) is 3. The van der Waals surface area contributed by atoms with Gasteiger partial charge in [-0.15, -0.1) is 0 Å². The fraction of sp³-hybridized carbons (Fsp3) is 0.800. The number of carbonyl (C=O) groups excluding carboxylic acids is 1. The molecule has 0 bridgehead atoms. The Hall–Kier alpha value is -1.30. The Balaban J connectivity index is 2.36. The second kappa shape index (κ2) is 5.69. The van der Waals surface area contributed by atoms with E-state index in [1.165, 1.54) is 0 Å². The van der Waals surface area contributed by atoms with Crippen LogP contribution in [0, 0.1) is 11.3 Å². The Bertz CT molecular complexity index is 260. The average molecular weight is 227 g/mol. The minimum atomic E-state index is -0.215. The molecule has 1 aliphatic carbocycles. The average Bonchev–Trinajstić information content (AvgIpc) is 2.27. The van der Waals surface area contributed by atoms with E-state index in [1.54, 1.807) is 0 Å². The third-order valence-electron chi connectivity index (χ3n) is 3.34. The van der Waals surface area contributed by atoms with Crippen molar-refractivity contribution in [1.29, 1.82) is 5.41 Å². The first-order valence-corrected chi connectivity index (χ1v) is 5.61. The van der Waals surface area contributed by atoms with Crippen molar-refractivity contribution in [2.45, 2.75) is 38.1 Å². The van der Waals surface area contributed by atoms with Gasteiger partial charge in [0.15, 0.2) is 0 Å². The van der Waals surface area contributed by atoms with E-state index in [4.69, 9.17) is 17.0 Å². The van der Waals surface area contributed by atoms with E-state index in [2.05, 4.69) is 5.43 Å². The van der Waals surface area contributed by atoms with Crippen molar-refractivity contribution in [2.75, 3.05) is 7.05 Å². The Morgan fingerprint density at radius 1 is 1.44 bits per heavy atom. The van der Waals surface area contributed by atoms with Gasteiger partial charge < -0.3 is 10.6 Å². The Morgan fingerprint density at radius 2 is 2.00 bits per heavy atom. The molecular weight excluding hydrogens is 206 g/mol. The lowest BCUT2D eigenvalue weighted by molar-refractivity contribution is -0.119. The van der Waals surface area contributed by atoms with Gasteiger partial charge >= 0.3 is 0 Å². The van der Waals surface area contributed by atoms with Crippen LogP contribution in [-0.2, 0) is 4.79 Å². The third-order valence-corrected chi connectivity index (χ3v) is 3.34. The number of amides is 1. The second-order valence-corrected chi connectivity index (χ2v) is 4.45. The second-order valence-electron chi connectivity index (χ2n) is 4.45. The summed E-state index contributed by atoms with van der Waals surface area (Å²) in [6.45, 7) is 0. The van der Waals surface area contributed by atoms with Crippen molar-refractivity contribution in [3.8, 4) is 0 Å². The minimum absolute atomic E-state index is 0.215. The number of nitrogens with one attached hydrogen (secondary N) is 2. The van der Waals surface area contributed by atoms with Crippen molar-refractivity contribution in [1.82, 2.24) is 10.3 Å². The van der Waals surface area contributed by atoms with Crippen LogP contribution in [0.5, 0.6) is 0 Å². The van der Waals surface area contributed by atoms with Crippen LogP contribution in [0.2, 0.25) is 0 Å². The van der Waals surface area contributed by atoms with Gasteiger partial charge in [0.2, 0.25) is 11.9 Å². The van der Waals surface area contributed by atoms with Gasteiger partial charge in [0.25, 0.3) is 0 Å². The van der Waals surface area contributed by atoms with E-state index in [9.17, 15) is 4.79 Å². The van der Waals surface area contributed by atoms with E-state index in [0.29, 0.717) is 18.4 Å². The first-order valence-electron chi connectivity index (χ1n) is 5.61. The highest BCUT2D eigenvalue weighted by Gasteiger charge is 2.25. The first kappa shape index (κ1) is 12.8. The molecule has 1 fully saturated rings. The summed E-state index contributed by atoms with van der Waals surface area (Å²) in [7, 11) is 1.86. The maximum atomic E-state index is 10.8. The van der Waals surface area contributed by atoms with Crippen LogP contribution in [0.25, 0.3) is 0 Å². The number of nitrogens with zero attached hydrogens (tertiary/aromatic N) is 1. The zero-order chi connectivity index (χ0) is 12.1. The molecular formula is C10H21N5O. The Labute approximate surface area is 95.8 Å². The number of hydrogen-bond donors (Lipinski definition) is 4. The summed E-state index contributed by atoms with van der Waals surface area (Å²) in [6.07, 6.45) is 4.45. The molecule has 0 aromatic heterocycles. The SMILES string of the molecule is CN(C(=N)NN)C1CCC(CC(N)=O)CC1. The predicted molar refractivity (Wildman–Crippen MR) is 62.4 cm³/mol. The molecule has 6 nitrogen and oxygen atoms in total. The van der Waals surface area contributed by atoms with Gasteiger partial charge in [-0.25, -0.2) is 5.84 Å². The molecule has 0 aliphatic heterocycles. The fourth-order valence-electron chi connectivity index (χ4n) is 2.31. The molecule has 0 radical (unpaired) electrons. The lowest BCUT2D eigenvalue weighted by atomic mass is 9.83. The zero-order valence-electron chi connectivity index (χ0n) is 9.70. The van der Waals surface area contributed by atoms with Crippen LogP contribution in [0.3, 0.4) is 0 Å². The van der Waals surface area contributed by atoms with Crippen LogP contribution in [0.4, 0.5) is 0 Å². The number of carbonyl (C=O) groups is 1. The van der Waals surface area contributed by atoms with E-state index < -0.39 is 0 Å². The smallest absolute Gasteiger partial charge is 0.217 e. The van der Waals surface area contributed by atoms with Crippen LogP contribution in [0.1, 0.15) is 32.1 Å². The van der Waals surface area contributed by atoms with Gasteiger partial charge in [-0.1, -0.05) is 0 Å². The highest BCUT2D eigenvalue weighted by molar-refractivity contribution is 5.76. The van der Waals surface area contributed by atoms with E-state index in [1.807, 2.05) is 11.9 Å². The molecule has 1 rings (SSSR count). The molecule has 6 N–H and O–H groups in total. The molecule has 0 heterocycles. The number of rotatable bonds is 3. The molecule has 0 unspecified atom stereocenters. The van der Waals surface area contributed by atoms with Gasteiger partial charge in [-0.05, 0) is 31.6 Å². The van der Waals surface area contributed by atoms with Crippen molar-refractivity contribution in [3.63, 3.8) is 0 Å². The van der Waals surface area contributed by atoms with Gasteiger partial charge in [0, 0.05) is 19.5 Å². The summed E-state index contributed by atoms with van der Waals surface area (Å²) in [5.74, 6) is 5.63. The van der Waals surface area contributed by atoms with E-state index >= 15 is 0 Å². The molecule has 92 valence electrons. The normalized spacial score (nSPS) is 24.9. The Morgan fingerprint density at radius 3 is 2.44 bits per heavy atom. The van der Waals surface area contributed by atoms with Crippen molar-refractivity contribution in [2.24, 2.45) is 17.5 Å². The maximum absolute atomic E-state index is 10.8. The zero-order valence-corrected chi connectivity index (χ0v) is 9.70. The topological polar surface area (TPSA) is 108 Å². The quantitative estimate of drug-likeness (QED) is 0.231. The predicted octanol–water partition coefficient (Wildman–Crippen LogP) is -0.250. The molecule has 0 saturated heterocycles. The number of primary amides is 1. The molecule has 1 aliphatic rings. The highest BCUT2D eigenvalue weighted by atomic mass is 16.1. The first-order chi connectivity index (χ1) is 7.54. The summed E-state index contributed by atoms with van der Waals surface area (Å²) < 4.78 is 0. The number of hydrazine groups is 1. The molecule has 16 heavy (non-hydrogen) atoms. The third kappa shape index (κ3) is 3.37. The number of nitrogens with two attached hydrogens (primary N) is 2. The van der Waals surface area contributed by atoms with Crippen molar-refractivity contribution in [3.05, 3.63) is 0 Å². The summed E-state index contributed by atoms with van der Waals surface area (Å²) in [6, 6.07) is 0.340. The minimum Gasteiger partial charge on any atom is -0.370 e. The largest absolute Gasteiger partial charge is 0.370 e. The molecule has 0 aromatic rings. The van der Waals surface area contributed by atoms with Gasteiger partial charge in [0.05, 0.1) is 0 Å². The van der Waals surface area contributed by atoms with Crippen LogP contribution in [0.15, 0.2) is 0 Å². The van der Waals surface area contributed by atoms with Crippen LogP contribution >= 0.6 is 0 Å². The summed E-state index contributed by atoms with van der Waals surface area (Å²) in [5, 5.41) is 7.56. The van der Waals surface area contributed by atoms with Crippen LogP contribution in [-0.4, -0.2) is 29.9 Å². The fourth-order valence-corrected chi connectivity index (χ4v) is 2.31. The molecule has 0 spiro atoms. The summed E-state index contributed by atoms with van der Waals surface area (Å²) >= 11 is 0. The molecule has 0 atom stereocenters. The number of guanidine groups is 1. The molecule has 1 amide bonds. The van der Waals surface area contributed by atoms with Crippen molar-refractivity contribution >= 4 is 11.9 Å². The monoisotopic (exact) mass is 227 g/mol. The maximum Gasteiger partial charge on any atom is 0.217 e. The summed E-state index contributed by atoms with van der Waals surface area (Å²) in [4.78, 5) is 12.6. The van der Waals surface area contributed by atoms with E-state index in [0.717, 1.165) is 25.7 Å². The Kier molecular flexibility index (Phi) is 4.54. The molecule has 6 heteroatoms. The highest BCUT2D eigenvalue weighted by Crippen LogP contribution is 2.28. The van der Waals surface area contributed by atoms with Crippen molar-refractivity contribution < 1.29 is 4.79 Å². The standard InChI is InChI=1S/C10H21N5O/c1-15(10(12)14-13)8-4-2-7(3-5-8)6-9(11)16/h7-8H,2-6,13H2,1H3,(H2,11,16)(H2,12,14). The van der Waals surface area contributed by atoms with Gasteiger partial charge in [-0.2, -0.15) is 0 Å². The van der Waals surface area contributed by atoms with E-state index in [-0.39, 0.29) is 11.9 Å². The van der Waals surface area contributed by atoms with Crippen LogP contribution < -0.4 is 17.0 Å².